The number of ether oxygens (including phenoxy) is 1. The summed E-state index contributed by atoms with van der Waals surface area (Å²) in [4.78, 5) is 14.7. The third-order valence-corrected chi connectivity index (χ3v) is 5.37. The summed E-state index contributed by atoms with van der Waals surface area (Å²) < 4.78 is 5.68. The van der Waals surface area contributed by atoms with Crippen molar-refractivity contribution in [2.45, 2.75) is 59.2 Å². The number of benzene rings is 2. The highest BCUT2D eigenvalue weighted by atomic mass is 16.5. The van der Waals surface area contributed by atoms with Gasteiger partial charge >= 0.3 is 5.97 Å². The van der Waals surface area contributed by atoms with Crippen molar-refractivity contribution in [3.05, 3.63) is 89.5 Å². The Labute approximate surface area is 186 Å². The number of carbonyl (C=O) groups excluding carboxylic acids is 1. The van der Waals surface area contributed by atoms with E-state index in [1.807, 2.05) is 24.3 Å². The van der Waals surface area contributed by atoms with Crippen LogP contribution in [0.1, 0.15) is 57.2 Å². The normalized spacial score (nSPS) is 12.3. The van der Waals surface area contributed by atoms with Crippen LogP contribution in [0.2, 0.25) is 0 Å². The second-order valence-corrected chi connectivity index (χ2v) is 8.56. The molecule has 0 aliphatic heterocycles. The molecule has 0 aliphatic carbocycles. The molecular formula is C27H35NO3. The Morgan fingerprint density at radius 3 is 2.16 bits per heavy atom. The highest BCUT2D eigenvalue weighted by Gasteiger charge is 2.26. The number of hydrogen-bond donors (Lipinski definition) is 1. The van der Waals surface area contributed by atoms with Crippen LogP contribution in [0.25, 0.3) is 0 Å². The molecule has 0 saturated carbocycles. The molecule has 2 rings (SSSR count). The van der Waals surface area contributed by atoms with Crippen molar-refractivity contribution in [1.82, 2.24) is 4.90 Å². The topological polar surface area (TPSA) is 49.8 Å². The lowest BCUT2D eigenvalue weighted by molar-refractivity contribution is -0.130. The van der Waals surface area contributed by atoms with E-state index >= 15 is 0 Å². The average Bonchev–Trinajstić information content (AvgIpc) is 2.73. The Bertz CT molecular complexity index is 907. The first-order valence-electron chi connectivity index (χ1n) is 10.7. The van der Waals surface area contributed by atoms with E-state index in [2.05, 4.69) is 57.9 Å². The van der Waals surface area contributed by atoms with Gasteiger partial charge in [-0.3, -0.25) is 4.90 Å². The summed E-state index contributed by atoms with van der Waals surface area (Å²) in [5.41, 5.74) is 3.95. The van der Waals surface area contributed by atoms with Crippen LogP contribution < -0.4 is 4.74 Å². The van der Waals surface area contributed by atoms with E-state index in [1.54, 1.807) is 19.1 Å². The van der Waals surface area contributed by atoms with Gasteiger partial charge in [-0.2, -0.15) is 0 Å². The number of carbonyl (C=O) groups is 1. The van der Waals surface area contributed by atoms with Gasteiger partial charge in [0.2, 0.25) is 0 Å². The molecule has 2 aromatic carbocycles. The monoisotopic (exact) mass is 421 g/mol. The van der Waals surface area contributed by atoms with Gasteiger partial charge < -0.3 is 9.84 Å². The fourth-order valence-corrected chi connectivity index (χ4v) is 3.77. The SMILES string of the molecule is C=C(C)C(=O)Oc1ccc(CO)cc1[C@H](C(=C)CN(C(C)C)C(C)C)c1ccccc1. The summed E-state index contributed by atoms with van der Waals surface area (Å²) in [6.45, 7) is 19.1. The van der Waals surface area contributed by atoms with Gasteiger partial charge in [-0.1, -0.05) is 55.1 Å². The molecule has 0 unspecified atom stereocenters. The van der Waals surface area contributed by atoms with Crippen LogP contribution in [0.5, 0.6) is 5.75 Å². The number of nitrogens with zero attached hydrogens (tertiary/aromatic N) is 1. The van der Waals surface area contributed by atoms with Gasteiger partial charge in [0.25, 0.3) is 0 Å². The predicted molar refractivity (Wildman–Crippen MR) is 127 cm³/mol. The van der Waals surface area contributed by atoms with Crippen LogP contribution in [0, 0.1) is 0 Å². The summed E-state index contributed by atoms with van der Waals surface area (Å²) >= 11 is 0. The zero-order valence-electron chi connectivity index (χ0n) is 19.4. The van der Waals surface area contributed by atoms with E-state index in [4.69, 9.17) is 4.74 Å². The van der Waals surface area contributed by atoms with Gasteiger partial charge in [0.05, 0.1) is 6.61 Å². The maximum Gasteiger partial charge on any atom is 0.338 e. The smallest absolute Gasteiger partial charge is 0.338 e. The summed E-state index contributed by atoms with van der Waals surface area (Å²) in [5.74, 6) is -0.206. The summed E-state index contributed by atoms with van der Waals surface area (Å²) in [7, 11) is 0. The second-order valence-electron chi connectivity index (χ2n) is 8.56. The van der Waals surface area contributed by atoms with Crippen molar-refractivity contribution in [3.63, 3.8) is 0 Å². The number of rotatable bonds is 10. The summed E-state index contributed by atoms with van der Waals surface area (Å²) in [5, 5.41) is 9.75. The molecular weight excluding hydrogens is 386 g/mol. The third-order valence-electron chi connectivity index (χ3n) is 5.37. The molecule has 0 saturated heterocycles. The predicted octanol–water partition coefficient (Wildman–Crippen LogP) is 5.47. The van der Waals surface area contributed by atoms with Crippen molar-refractivity contribution >= 4 is 5.97 Å². The lowest BCUT2D eigenvalue weighted by atomic mass is 9.83. The van der Waals surface area contributed by atoms with Crippen LogP contribution in [-0.2, 0) is 11.4 Å². The van der Waals surface area contributed by atoms with Crippen LogP contribution >= 0.6 is 0 Å². The summed E-state index contributed by atoms with van der Waals surface area (Å²) in [6, 6.07) is 16.2. The van der Waals surface area contributed by atoms with Crippen molar-refractivity contribution in [3.8, 4) is 5.75 Å². The van der Waals surface area contributed by atoms with Crippen LogP contribution in [0.15, 0.2) is 72.8 Å². The Balaban J connectivity index is 2.60. The number of aliphatic hydroxyl groups is 1. The first kappa shape index (κ1) is 24.6. The number of hydrogen-bond acceptors (Lipinski definition) is 4. The van der Waals surface area contributed by atoms with Crippen LogP contribution in [-0.4, -0.2) is 34.6 Å². The van der Waals surface area contributed by atoms with Crippen molar-refractivity contribution < 1.29 is 14.6 Å². The van der Waals surface area contributed by atoms with Crippen molar-refractivity contribution in [1.29, 1.82) is 0 Å². The fraction of sp³-hybridized carbons (Fsp3) is 0.370. The van der Waals surface area contributed by atoms with E-state index in [0.29, 0.717) is 30.0 Å². The highest BCUT2D eigenvalue weighted by molar-refractivity contribution is 5.89. The van der Waals surface area contributed by atoms with Gasteiger partial charge in [-0.05, 0) is 57.9 Å². The van der Waals surface area contributed by atoms with Gasteiger partial charge in [0, 0.05) is 35.7 Å². The van der Waals surface area contributed by atoms with E-state index in [1.165, 1.54) is 0 Å². The minimum Gasteiger partial charge on any atom is -0.423 e. The van der Waals surface area contributed by atoms with Crippen LogP contribution in [0.4, 0.5) is 0 Å². The molecule has 0 aliphatic rings. The molecule has 0 radical (unpaired) electrons. The second kappa shape index (κ2) is 11.1. The quantitative estimate of drug-likeness (QED) is 0.239. The van der Waals surface area contributed by atoms with Gasteiger partial charge in [0.1, 0.15) is 5.75 Å². The van der Waals surface area contributed by atoms with Gasteiger partial charge in [-0.15, -0.1) is 0 Å². The standard InChI is InChI=1S/C27H35NO3/c1-18(2)27(30)31-25-14-13-22(17-29)15-24(25)26(23-11-9-8-10-12-23)21(7)16-28(19(3)4)20(5)6/h8-15,19-20,26,29H,1,7,16-17H2,2-6H3/t26-/m1/s1. The molecule has 2 aromatic rings. The Morgan fingerprint density at radius 1 is 1.03 bits per heavy atom. The molecule has 1 N–H and O–H groups in total. The molecule has 31 heavy (non-hydrogen) atoms. The molecule has 0 spiro atoms. The Kier molecular flexibility index (Phi) is 8.78. The molecule has 0 aromatic heterocycles. The Morgan fingerprint density at radius 2 is 1.65 bits per heavy atom. The van der Waals surface area contributed by atoms with Gasteiger partial charge in [-0.25, -0.2) is 4.79 Å². The first-order valence-corrected chi connectivity index (χ1v) is 10.7. The minimum atomic E-state index is -0.471. The minimum absolute atomic E-state index is 0.0974. The maximum absolute atomic E-state index is 12.3. The van der Waals surface area contributed by atoms with E-state index in [0.717, 1.165) is 22.3 Å². The van der Waals surface area contributed by atoms with E-state index in [9.17, 15) is 9.90 Å². The molecule has 1 atom stereocenters. The van der Waals surface area contributed by atoms with Crippen LogP contribution in [0.3, 0.4) is 0 Å². The first-order chi connectivity index (χ1) is 14.6. The zero-order chi connectivity index (χ0) is 23.1. The Hall–Kier alpha value is -2.69. The molecule has 4 heteroatoms. The van der Waals surface area contributed by atoms with Crippen molar-refractivity contribution in [2.24, 2.45) is 0 Å². The fourth-order valence-electron chi connectivity index (χ4n) is 3.77. The zero-order valence-corrected chi connectivity index (χ0v) is 19.4. The number of esters is 1. The summed E-state index contributed by atoms with van der Waals surface area (Å²) in [6.07, 6.45) is 0. The van der Waals surface area contributed by atoms with Gasteiger partial charge in [0.15, 0.2) is 0 Å². The molecule has 0 amide bonds. The lowest BCUT2D eigenvalue weighted by Crippen LogP contribution is -2.39. The maximum atomic E-state index is 12.3. The third kappa shape index (κ3) is 6.39. The molecule has 0 heterocycles. The molecule has 0 bridgehead atoms. The van der Waals surface area contributed by atoms with Crippen molar-refractivity contribution in [2.75, 3.05) is 6.54 Å². The number of aliphatic hydroxyl groups excluding tert-OH is 1. The lowest BCUT2D eigenvalue weighted by Gasteiger charge is -2.34. The molecule has 166 valence electrons. The highest BCUT2D eigenvalue weighted by Crippen LogP contribution is 2.38. The van der Waals surface area contributed by atoms with E-state index in [-0.39, 0.29) is 12.5 Å². The average molecular weight is 422 g/mol. The largest absolute Gasteiger partial charge is 0.423 e. The van der Waals surface area contributed by atoms with E-state index < -0.39 is 5.97 Å². The molecule has 4 nitrogen and oxygen atoms in total. The molecule has 0 fully saturated rings.